The first-order valence-corrected chi connectivity index (χ1v) is 47.7. The van der Waals surface area contributed by atoms with Crippen molar-refractivity contribution in [2.45, 2.75) is 219 Å². The number of Topliss-reactive ketones (excluding diaryl/α,β-unsaturated/α-hetero) is 1. The molecular weight excluding hydrogens is 1760 g/mol. The lowest BCUT2D eigenvalue weighted by molar-refractivity contribution is -0.346. The highest BCUT2D eigenvalue weighted by atomic mass is 16.6. The second-order valence-corrected chi connectivity index (χ2v) is 37.6. The summed E-state index contributed by atoms with van der Waals surface area (Å²) >= 11 is 0. The van der Waals surface area contributed by atoms with E-state index in [1.54, 1.807) is 66.7 Å². The van der Waals surface area contributed by atoms with Gasteiger partial charge in [0.2, 0.25) is 12.0 Å². The summed E-state index contributed by atoms with van der Waals surface area (Å²) < 4.78 is 63.7. The molecule has 6 aliphatic rings. The van der Waals surface area contributed by atoms with Gasteiger partial charge in [0.05, 0.1) is 122 Å². The zero-order valence-electron chi connectivity index (χ0n) is 79.1. The lowest BCUT2D eigenvalue weighted by atomic mass is 9.44. The van der Waals surface area contributed by atoms with E-state index in [1.165, 1.54) is 52.0 Å². The summed E-state index contributed by atoms with van der Waals surface area (Å²) in [6.07, 6.45) is 0.598. The molecule has 32 heteroatoms. The minimum absolute atomic E-state index is 0.0150. The van der Waals surface area contributed by atoms with Gasteiger partial charge in [0.15, 0.2) is 17.5 Å². The molecule has 1 unspecified atom stereocenters. The van der Waals surface area contributed by atoms with E-state index in [-0.39, 0.29) is 85.0 Å². The molecule has 728 valence electrons. The molecule has 1 saturated heterocycles. The Labute approximate surface area is 803 Å². The third kappa shape index (κ3) is 24.0. The average molecular weight is 1890 g/mol. The van der Waals surface area contributed by atoms with Crippen molar-refractivity contribution in [2.24, 2.45) is 40.4 Å². The first kappa shape index (κ1) is 99.8. The molecule has 2 amide bonds. The lowest BCUT2D eigenvalue weighted by Gasteiger charge is -2.67. The molecular formula is C106H123N11O21. The fourth-order valence-electron chi connectivity index (χ4n) is 20.7. The summed E-state index contributed by atoms with van der Waals surface area (Å²) in [6, 6.07) is 52.9. The summed E-state index contributed by atoms with van der Waals surface area (Å²) in [4.78, 5) is 152. The van der Waals surface area contributed by atoms with Crippen molar-refractivity contribution >= 4 is 53.4 Å². The maximum Gasteiger partial charge on any atom is 0.350 e. The number of aliphatic hydroxyl groups excluding tert-OH is 1. The van der Waals surface area contributed by atoms with Crippen molar-refractivity contribution < 1.29 is 101 Å². The number of pyridine rings is 4. The maximum absolute atomic E-state index is 16.0. The van der Waals surface area contributed by atoms with Crippen molar-refractivity contribution in [3.05, 3.63) is 280 Å². The number of hydrogen-bond donors (Lipinski definition) is 4. The standard InChI is InChI=1S/C106H123N11O21/c1-68(27-21-26-50-131-81-56-72(60-115(62-77-34-17-22-44-107-77)63-78-35-18-23-45-108-78)55-73(57-81)61-116(64-79-36-19-24-46-109-79)65-80-37-20-25-47-110-80)100(125)132-66-84-82-38-40-85-86(41-39-83(82)84)117(114-113-85)49-52-130-54-53-129-51-48-111-90(121)42-43-91(122)136-95(93(74-28-11-8-12-29-74)112-99(124)75-30-13-9-14-31-75)102(127)135-87-59-106(128)98(137-101(126)76-32-15-10-16-33-76)96-104(7,88(120)58-89-105(96,67-133-89)138-71(4)119)97(123)94(134-70(3)118)92(69(87)2)103(106,5)6/h8-20,22-25,28-37,44-47,55-57,68,82-84,87-89,93-96,98,120,128H,21,26-27,38-43,48-54,58-67H2,1-7H3,(H,111,121)(H,112,124)/t68?,82-,83+,84-,87+,88+,89-,93+,94-,95-,96+,98+,104-,105+,106-/m1/s1. The highest BCUT2D eigenvalue weighted by molar-refractivity contribution is 5.97. The van der Waals surface area contributed by atoms with Crippen LogP contribution in [-0.4, -0.2) is 209 Å². The van der Waals surface area contributed by atoms with Gasteiger partial charge in [-0.1, -0.05) is 123 Å². The topological polar surface area (TPSA) is 399 Å². The largest absolute Gasteiger partial charge is 0.494 e. The van der Waals surface area contributed by atoms with Crippen molar-refractivity contribution in [2.75, 3.05) is 52.8 Å². The third-order valence-electron chi connectivity index (χ3n) is 27.9. The number of ketones is 1. The van der Waals surface area contributed by atoms with Crippen LogP contribution in [0.2, 0.25) is 0 Å². The molecule has 1 aliphatic heterocycles. The van der Waals surface area contributed by atoms with Crippen molar-refractivity contribution in [1.82, 2.24) is 55.4 Å². The van der Waals surface area contributed by atoms with Crippen LogP contribution < -0.4 is 15.4 Å². The number of aliphatic hydroxyl groups is 2. The van der Waals surface area contributed by atoms with Gasteiger partial charge in [-0.2, -0.15) is 0 Å². The predicted molar refractivity (Wildman–Crippen MR) is 501 cm³/mol. The van der Waals surface area contributed by atoms with Crippen molar-refractivity contribution in [3.63, 3.8) is 0 Å². The van der Waals surface area contributed by atoms with Crippen LogP contribution in [0.5, 0.6) is 5.75 Å². The monoisotopic (exact) mass is 1890 g/mol. The fraction of sp³-hybridized carbons (Fsp3) is 0.462. The molecule has 4 fully saturated rings. The Hall–Kier alpha value is -12.7. The molecule has 0 spiro atoms. The molecule has 15 rings (SSSR count). The smallest absolute Gasteiger partial charge is 0.350 e. The van der Waals surface area contributed by atoms with Crippen LogP contribution >= 0.6 is 0 Å². The van der Waals surface area contributed by atoms with Gasteiger partial charge in [0, 0.05) is 115 Å². The van der Waals surface area contributed by atoms with E-state index >= 15 is 9.59 Å². The number of benzene rings is 4. The van der Waals surface area contributed by atoms with E-state index in [9.17, 15) is 43.8 Å². The molecule has 2 bridgehead atoms. The van der Waals surface area contributed by atoms with Crippen LogP contribution in [0.1, 0.15) is 184 Å². The molecule has 5 aliphatic carbocycles. The Bertz CT molecular complexity index is 5520. The number of rotatable bonds is 44. The van der Waals surface area contributed by atoms with Gasteiger partial charge in [-0.3, -0.25) is 63.3 Å². The van der Waals surface area contributed by atoms with E-state index in [1.807, 2.05) is 109 Å². The van der Waals surface area contributed by atoms with Gasteiger partial charge in [-0.25, -0.2) is 14.3 Å². The fourth-order valence-corrected chi connectivity index (χ4v) is 20.7. The summed E-state index contributed by atoms with van der Waals surface area (Å²) in [5.74, 6) is -7.49. The Balaban J connectivity index is 0.515. The number of hydrogen-bond acceptors (Lipinski definition) is 29. The van der Waals surface area contributed by atoms with Gasteiger partial charge < -0.3 is 68.2 Å². The van der Waals surface area contributed by atoms with E-state index in [2.05, 4.69) is 68.9 Å². The van der Waals surface area contributed by atoms with Crippen LogP contribution in [0.15, 0.2) is 218 Å². The molecule has 0 radical (unpaired) electrons. The van der Waals surface area contributed by atoms with Gasteiger partial charge in [0.1, 0.15) is 35.7 Å². The third-order valence-corrected chi connectivity index (χ3v) is 27.9. The molecule has 32 nitrogen and oxygen atoms in total. The lowest BCUT2D eigenvalue weighted by Crippen LogP contribution is -2.82. The zero-order chi connectivity index (χ0) is 97.1. The molecule has 6 heterocycles. The number of nitrogens with one attached hydrogen (secondary N) is 2. The van der Waals surface area contributed by atoms with E-state index < -0.39 is 137 Å². The zero-order valence-corrected chi connectivity index (χ0v) is 79.1. The Morgan fingerprint density at radius 1 is 0.630 bits per heavy atom. The second kappa shape index (κ2) is 45.7. The number of nitrogens with zero attached hydrogens (tertiary/aromatic N) is 9. The van der Waals surface area contributed by atoms with Crippen LogP contribution in [0.3, 0.4) is 0 Å². The molecule has 4 N–H and O–H groups in total. The highest BCUT2D eigenvalue weighted by Crippen LogP contribution is 2.65. The quantitative estimate of drug-likeness (QED) is 0.0119. The number of amides is 2. The van der Waals surface area contributed by atoms with E-state index in [0.717, 1.165) is 103 Å². The minimum atomic E-state index is -2.54. The van der Waals surface area contributed by atoms with E-state index in [0.29, 0.717) is 83.9 Å². The average Bonchev–Trinajstić information content (AvgIpc) is 0.933. The van der Waals surface area contributed by atoms with Crippen LogP contribution in [-0.2, 0) is 135 Å². The molecule has 3 saturated carbocycles. The molecule has 15 atom stereocenters. The minimum Gasteiger partial charge on any atom is -0.494 e. The number of fused-ring (bicyclic) bond motifs is 7. The van der Waals surface area contributed by atoms with E-state index in [4.69, 9.17) is 47.4 Å². The summed E-state index contributed by atoms with van der Waals surface area (Å²) in [5.41, 5.74) is 0.168. The normalized spacial score (nSPS) is 23.4. The molecule has 5 aromatic heterocycles. The number of esters is 6. The van der Waals surface area contributed by atoms with Crippen molar-refractivity contribution in [1.29, 1.82) is 0 Å². The first-order valence-electron chi connectivity index (χ1n) is 47.7. The molecule has 4 aromatic carbocycles. The number of carbonyl (C=O) groups excluding carboxylic acids is 9. The molecule has 138 heavy (non-hydrogen) atoms. The van der Waals surface area contributed by atoms with Gasteiger partial charge in [-0.15, -0.1) is 5.10 Å². The SMILES string of the molecule is CC(=O)O[C@H]1C(=O)[C@@]2(C)[C@H]([C@H](OC(=O)c3ccccc3)[C@]3(O)C[C@H](OC(=O)[C@H](OC(=O)CCC(=O)NCCOCCOCCn4nnc5c4CC[C@H]4[C@@H](CC5)[C@H]4COC(=O)C(C)CCCCOc4cc(CN(Cc5ccccn5)Cc5ccccn5)cc(CN(Cc5ccccn5)Cc5ccccn5)c4)[C@@H](NC(=O)c4ccccc4)c4ccccc4)C(C)=C1C3(C)C)[C@]1(OC(C)=O)CO[C@@H]1C[C@@H]2O. The Kier molecular flexibility index (Phi) is 33.1. The predicted octanol–water partition coefficient (Wildman–Crippen LogP) is 11.7. The van der Waals surface area contributed by atoms with Crippen LogP contribution in [0.25, 0.3) is 0 Å². The Morgan fingerprint density at radius 3 is 1.77 bits per heavy atom. The number of aromatic nitrogens is 7. The summed E-state index contributed by atoms with van der Waals surface area (Å²) in [7, 11) is 0. The maximum atomic E-state index is 16.0. The van der Waals surface area contributed by atoms with Crippen LogP contribution in [0, 0.1) is 40.4 Å². The molecule has 9 aromatic rings. The van der Waals surface area contributed by atoms with Crippen molar-refractivity contribution in [3.8, 4) is 5.75 Å². The first-order chi connectivity index (χ1) is 66.7. The summed E-state index contributed by atoms with van der Waals surface area (Å²) in [5, 5.41) is 41.3. The number of aryl methyl sites for hydroxylation is 1. The van der Waals surface area contributed by atoms with Gasteiger partial charge in [0.25, 0.3) is 5.91 Å². The summed E-state index contributed by atoms with van der Waals surface area (Å²) in [6.45, 7) is 15.7. The van der Waals surface area contributed by atoms with Crippen LogP contribution in [0.4, 0.5) is 0 Å². The number of unbranched alkanes of at least 4 members (excludes halogenated alkanes) is 1. The highest BCUT2D eigenvalue weighted by Gasteiger charge is 2.78. The Morgan fingerprint density at radius 2 is 1.20 bits per heavy atom. The van der Waals surface area contributed by atoms with Gasteiger partial charge >= 0.3 is 35.8 Å². The second-order valence-electron chi connectivity index (χ2n) is 37.6. The van der Waals surface area contributed by atoms with Gasteiger partial charge in [-0.05, 0) is 189 Å². The number of carbonyl (C=O) groups is 9. The number of ether oxygens (including phenoxy) is 10.